The molecule has 1 aromatic rings. The molecule has 0 aromatic carbocycles. The van der Waals surface area contributed by atoms with Gasteiger partial charge in [0.05, 0.1) is 16.1 Å². The third kappa shape index (κ3) is 4.39. The van der Waals surface area contributed by atoms with Crippen molar-refractivity contribution in [2.75, 3.05) is 12.3 Å². The lowest BCUT2D eigenvalue weighted by atomic mass is 10.3. The zero-order chi connectivity index (χ0) is 12.2. The molecule has 0 saturated carbocycles. The summed E-state index contributed by atoms with van der Waals surface area (Å²) in [6.07, 6.45) is 0.466. The van der Waals surface area contributed by atoms with Crippen LogP contribution < -0.4 is 10.5 Å². The Labute approximate surface area is 105 Å². The molecular formula is C9H15ClN2O2S2. The van der Waals surface area contributed by atoms with Gasteiger partial charge in [0.25, 0.3) is 0 Å². The number of sulfonamides is 1. The molecule has 1 aromatic heterocycles. The summed E-state index contributed by atoms with van der Waals surface area (Å²) in [5.41, 5.74) is 5.27. The van der Waals surface area contributed by atoms with Gasteiger partial charge in [0, 0.05) is 4.88 Å². The van der Waals surface area contributed by atoms with Gasteiger partial charge in [0.15, 0.2) is 0 Å². The first-order valence-corrected chi connectivity index (χ1v) is 7.74. The standard InChI is InChI=1S/C9H15ClN2O2S2/c1-7(8-3-4-9(10)15-8)12-16(13,14)6-2-5-11/h3-4,7,12H,2,5-6,11H2,1H3. The smallest absolute Gasteiger partial charge is 0.212 e. The second kappa shape index (κ2) is 5.97. The molecule has 92 valence electrons. The molecule has 4 nitrogen and oxygen atoms in total. The van der Waals surface area contributed by atoms with E-state index in [9.17, 15) is 8.42 Å². The van der Waals surface area contributed by atoms with Crippen molar-refractivity contribution in [2.24, 2.45) is 5.73 Å². The highest BCUT2D eigenvalue weighted by Gasteiger charge is 2.16. The van der Waals surface area contributed by atoms with Crippen molar-refractivity contribution in [1.82, 2.24) is 4.72 Å². The maximum Gasteiger partial charge on any atom is 0.212 e. The molecule has 1 rings (SSSR count). The normalized spacial score (nSPS) is 13.9. The maximum atomic E-state index is 11.6. The molecule has 0 bridgehead atoms. The second-order valence-electron chi connectivity index (χ2n) is 3.44. The molecule has 0 amide bonds. The molecule has 1 atom stereocenters. The van der Waals surface area contributed by atoms with Crippen LogP contribution in [0.4, 0.5) is 0 Å². The Balaban J connectivity index is 2.60. The van der Waals surface area contributed by atoms with Crippen molar-refractivity contribution >= 4 is 33.0 Å². The van der Waals surface area contributed by atoms with Gasteiger partial charge in [-0.05, 0) is 32.0 Å². The van der Waals surface area contributed by atoms with Crippen LogP contribution in [0.1, 0.15) is 24.3 Å². The number of nitrogens with one attached hydrogen (secondary N) is 1. The van der Waals surface area contributed by atoms with Crippen LogP contribution in [0.5, 0.6) is 0 Å². The monoisotopic (exact) mass is 282 g/mol. The summed E-state index contributed by atoms with van der Waals surface area (Å²) in [4.78, 5) is 0.904. The van der Waals surface area contributed by atoms with Gasteiger partial charge in [-0.25, -0.2) is 13.1 Å². The van der Waals surface area contributed by atoms with Crippen molar-refractivity contribution in [3.8, 4) is 0 Å². The number of halogens is 1. The fourth-order valence-corrected chi connectivity index (χ4v) is 3.69. The summed E-state index contributed by atoms with van der Waals surface area (Å²) < 4.78 is 26.4. The van der Waals surface area contributed by atoms with E-state index in [-0.39, 0.29) is 11.8 Å². The zero-order valence-electron chi connectivity index (χ0n) is 8.94. The minimum absolute atomic E-state index is 0.0624. The largest absolute Gasteiger partial charge is 0.330 e. The van der Waals surface area contributed by atoms with E-state index in [0.29, 0.717) is 17.3 Å². The van der Waals surface area contributed by atoms with Gasteiger partial charge in [-0.2, -0.15) is 0 Å². The maximum absolute atomic E-state index is 11.6. The van der Waals surface area contributed by atoms with Crippen LogP contribution in [0.15, 0.2) is 12.1 Å². The minimum Gasteiger partial charge on any atom is -0.330 e. The van der Waals surface area contributed by atoms with E-state index >= 15 is 0 Å². The highest BCUT2D eigenvalue weighted by atomic mass is 35.5. The third-order valence-corrected chi connectivity index (χ3v) is 4.95. The molecule has 0 aliphatic rings. The lowest BCUT2D eigenvalue weighted by molar-refractivity contribution is 0.566. The van der Waals surface area contributed by atoms with Crippen LogP contribution in [0.25, 0.3) is 0 Å². The highest BCUT2D eigenvalue weighted by molar-refractivity contribution is 7.89. The van der Waals surface area contributed by atoms with Crippen LogP contribution in [-0.2, 0) is 10.0 Å². The van der Waals surface area contributed by atoms with Crippen LogP contribution in [0.2, 0.25) is 4.34 Å². The molecule has 7 heteroatoms. The number of thiophene rings is 1. The van der Waals surface area contributed by atoms with Gasteiger partial charge >= 0.3 is 0 Å². The fraction of sp³-hybridized carbons (Fsp3) is 0.556. The fourth-order valence-electron chi connectivity index (χ4n) is 1.22. The highest BCUT2D eigenvalue weighted by Crippen LogP contribution is 2.26. The molecular weight excluding hydrogens is 268 g/mol. The number of hydrogen-bond acceptors (Lipinski definition) is 4. The summed E-state index contributed by atoms with van der Waals surface area (Å²) in [6.45, 7) is 2.17. The summed E-state index contributed by atoms with van der Waals surface area (Å²) >= 11 is 7.16. The Morgan fingerprint density at radius 1 is 1.56 bits per heavy atom. The summed E-state index contributed by atoms with van der Waals surface area (Å²) in [6, 6.07) is 3.33. The lowest BCUT2D eigenvalue weighted by Gasteiger charge is -2.12. The van der Waals surface area contributed by atoms with Crippen molar-refractivity contribution in [1.29, 1.82) is 0 Å². The van der Waals surface area contributed by atoms with Gasteiger partial charge in [-0.1, -0.05) is 11.6 Å². The van der Waals surface area contributed by atoms with E-state index in [2.05, 4.69) is 4.72 Å². The van der Waals surface area contributed by atoms with Gasteiger partial charge in [-0.15, -0.1) is 11.3 Å². The molecule has 0 spiro atoms. The first-order valence-electron chi connectivity index (χ1n) is 4.90. The first-order chi connectivity index (χ1) is 7.44. The summed E-state index contributed by atoms with van der Waals surface area (Å²) in [7, 11) is -3.25. The lowest BCUT2D eigenvalue weighted by Crippen LogP contribution is -2.29. The van der Waals surface area contributed by atoms with E-state index in [1.807, 2.05) is 6.07 Å². The van der Waals surface area contributed by atoms with Crippen LogP contribution >= 0.6 is 22.9 Å². The second-order valence-corrected chi connectivity index (χ2v) is 7.06. The average Bonchev–Trinajstić information content (AvgIpc) is 2.61. The molecule has 3 N–H and O–H groups in total. The van der Waals surface area contributed by atoms with Crippen molar-refractivity contribution in [3.05, 3.63) is 21.3 Å². The number of nitrogens with two attached hydrogens (primary N) is 1. The summed E-state index contributed by atoms with van der Waals surface area (Å²) in [5.74, 6) is 0.0624. The van der Waals surface area contributed by atoms with Crippen molar-refractivity contribution < 1.29 is 8.42 Å². The zero-order valence-corrected chi connectivity index (χ0v) is 11.3. The van der Waals surface area contributed by atoms with Gasteiger partial charge in [-0.3, -0.25) is 0 Å². The van der Waals surface area contributed by atoms with Crippen LogP contribution in [0, 0.1) is 0 Å². The summed E-state index contributed by atoms with van der Waals surface area (Å²) in [5, 5.41) is 0. The predicted octanol–water partition coefficient (Wildman–Crippen LogP) is 1.73. The Kier molecular flexibility index (Phi) is 5.20. The van der Waals surface area contributed by atoms with E-state index in [4.69, 9.17) is 17.3 Å². The SMILES string of the molecule is CC(NS(=O)(=O)CCCN)c1ccc(Cl)s1. The van der Waals surface area contributed by atoms with E-state index in [1.54, 1.807) is 13.0 Å². The first kappa shape index (κ1) is 13.9. The van der Waals surface area contributed by atoms with Crippen molar-refractivity contribution in [3.63, 3.8) is 0 Å². The topological polar surface area (TPSA) is 72.2 Å². The average molecular weight is 283 g/mol. The van der Waals surface area contributed by atoms with Gasteiger partial charge in [0.2, 0.25) is 10.0 Å². The van der Waals surface area contributed by atoms with E-state index < -0.39 is 10.0 Å². The van der Waals surface area contributed by atoms with Crippen LogP contribution in [0.3, 0.4) is 0 Å². The molecule has 0 fully saturated rings. The predicted molar refractivity (Wildman–Crippen MR) is 68.3 cm³/mol. The molecule has 0 radical (unpaired) electrons. The Bertz CT molecular complexity index is 430. The quantitative estimate of drug-likeness (QED) is 0.835. The van der Waals surface area contributed by atoms with E-state index in [1.165, 1.54) is 11.3 Å². The molecule has 0 saturated heterocycles. The van der Waals surface area contributed by atoms with Crippen molar-refractivity contribution in [2.45, 2.75) is 19.4 Å². The van der Waals surface area contributed by atoms with Crippen LogP contribution in [-0.4, -0.2) is 20.7 Å². The molecule has 0 aliphatic carbocycles. The number of hydrogen-bond donors (Lipinski definition) is 2. The third-order valence-electron chi connectivity index (χ3n) is 1.99. The Hall–Kier alpha value is -0.140. The Morgan fingerprint density at radius 3 is 2.75 bits per heavy atom. The molecule has 1 unspecified atom stereocenters. The molecule has 1 heterocycles. The molecule has 0 aliphatic heterocycles. The minimum atomic E-state index is -3.25. The van der Waals surface area contributed by atoms with E-state index in [0.717, 1.165) is 4.88 Å². The number of rotatable bonds is 6. The van der Waals surface area contributed by atoms with Gasteiger partial charge < -0.3 is 5.73 Å². The molecule has 16 heavy (non-hydrogen) atoms. The Morgan fingerprint density at radius 2 is 2.25 bits per heavy atom. The van der Waals surface area contributed by atoms with Gasteiger partial charge in [0.1, 0.15) is 0 Å².